The predicted octanol–water partition coefficient (Wildman–Crippen LogP) is 1.20. The van der Waals surface area contributed by atoms with Gasteiger partial charge in [0.05, 0.1) is 17.1 Å². The molecule has 7 nitrogen and oxygen atoms in total. The van der Waals surface area contributed by atoms with Crippen LogP contribution in [-0.4, -0.2) is 19.6 Å². The molecule has 3 aromatic rings. The van der Waals surface area contributed by atoms with E-state index in [9.17, 15) is 8.78 Å². The maximum Gasteiger partial charge on any atom is 0.254 e. The Morgan fingerprint density at radius 1 is 1.21 bits per heavy atom. The number of hydrogen-bond acceptors (Lipinski definition) is 6. The van der Waals surface area contributed by atoms with Crippen LogP contribution in [0.3, 0.4) is 0 Å². The highest BCUT2D eigenvalue weighted by Gasteiger charge is 2.12. The second-order valence-corrected chi connectivity index (χ2v) is 5.10. The van der Waals surface area contributed by atoms with Gasteiger partial charge in [-0.15, -0.1) is 5.10 Å². The SMILES string of the molecule is C=C(NCc1ccc(F)c(F)c1)c1cc(CN)nc2nc(N)nn12. The van der Waals surface area contributed by atoms with Crippen LogP contribution in [0.5, 0.6) is 0 Å². The molecule has 0 fully saturated rings. The molecule has 0 aliphatic rings. The standard InChI is InChI=1S/C15H15F2N7/c1-8(20-7-9-2-3-11(16)12(17)4-9)13-5-10(6-18)21-15-22-14(19)23-24(13)15/h2-5,20H,1,6-7,18H2,(H2,19,23). The Labute approximate surface area is 136 Å². The Hall–Kier alpha value is -3.07. The van der Waals surface area contributed by atoms with E-state index in [1.807, 2.05) is 0 Å². The van der Waals surface area contributed by atoms with Crippen molar-refractivity contribution in [2.24, 2.45) is 5.73 Å². The molecule has 0 aliphatic carbocycles. The average molecular weight is 331 g/mol. The number of anilines is 1. The third-order valence-corrected chi connectivity index (χ3v) is 3.39. The monoisotopic (exact) mass is 331 g/mol. The van der Waals surface area contributed by atoms with Crippen LogP contribution in [0.2, 0.25) is 0 Å². The molecule has 2 heterocycles. The van der Waals surface area contributed by atoms with E-state index in [2.05, 4.69) is 27.0 Å². The van der Waals surface area contributed by atoms with Crippen molar-refractivity contribution in [2.45, 2.75) is 13.1 Å². The fourth-order valence-electron chi connectivity index (χ4n) is 2.20. The first-order valence-corrected chi connectivity index (χ1v) is 7.07. The van der Waals surface area contributed by atoms with E-state index in [-0.39, 0.29) is 19.0 Å². The lowest BCUT2D eigenvalue weighted by Crippen LogP contribution is -2.15. The summed E-state index contributed by atoms with van der Waals surface area (Å²) >= 11 is 0. The van der Waals surface area contributed by atoms with Crippen molar-refractivity contribution in [1.82, 2.24) is 24.9 Å². The second kappa shape index (κ2) is 6.20. The van der Waals surface area contributed by atoms with Gasteiger partial charge in [-0.2, -0.15) is 9.50 Å². The van der Waals surface area contributed by atoms with Gasteiger partial charge in [0, 0.05) is 13.1 Å². The fourth-order valence-corrected chi connectivity index (χ4v) is 2.20. The van der Waals surface area contributed by atoms with E-state index in [4.69, 9.17) is 11.5 Å². The molecule has 0 aliphatic heterocycles. The first-order chi connectivity index (χ1) is 11.5. The van der Waals surface area contributed by atoms with E-state index in [0.717, 1.165) is 12.1 Å². The van der Waals surface area contributed by atoms with Gasteiger partial charge in [0.1, 0.15) is 0 Å². The Bertz CT molecular complexity index is 920. The average Bonchev–Trinajstić information content (AvgIpc) is 2.94. The van der Waals surface area contributed by atoms with Crippen LogP contribution in [-0.2, 0) is 13.1 Å². The highest BCUT2D eigenvalue weighted by atomic mass is 19.2. The predicted molar refractivity (Wildman–Crippen MR) is 85.3 cm³/mol. The number of nitrogens with zero attached hydrogens (tertiary/aromatic N) is 4. The second-order valence-electron chi connectivity index (χ2n) is 5.10. The molecular weight excluding hydrogens is 316 g/mol. The van der Waals surface area contributed by atoms with Crippen molar-refractivity contribution in [3.05, 3.63) is 59.4 Å². The van der Waals surface area contributed by atoms with Gasteiger partial charge in [-0.05, 0) is 23.8 Å². The fraction of sp³-hybridized carbons (Fsp3) is 0.133. The van der Waals surface area contributed by atoms with Crippen molar-refractivity contribution in [3.63, 3.8) is 0 Å². The minimum Gasteiger partial charge on any atom is -0.380 e. The molecular formula is C15H15F2N7. The van der Waals surface area contributed by atoms with Gasteiger partial charge in [-0.25, -0.2) is 13.8 Å². The van der Waals surface area contributed by atoms with E-state index in [1.165, 1.54) is 10.6 Å². The molecule has 3 rings (SSSR count). The van der Waals surface area contributed by atoms with Crippen LogP contribution in [0.4, 0.5) is 14.7 Å². The van der Waals surface area contributed by atoms with Crippen molar-refractivity contribution in [3.8, 4) is 0 Å². The maximum atomic E-state index is 13.3. The highest BCUT2D eigenvalue weighted by molar-refractivity contribution is 5.61. The Balaban J connectivity index is 1.86. The molecule has 5 N–H and O–H groups in total. The number of aromatic nitrogens is 4. The Morgan fingerprint density at radius 3 is 2.71 bits per heavy atom. The molecule has 0 unspecified atom stereocenters. The zero-order valence-electron chi connectivity index (χ0n) is 12.6. The molecule has 9 heteroatoms. The molecule has 0 saturated carbocycles. The van der Waals surface area contributed by atoms with Crippen LogP contribution in [0, 0.1) is 11.6 Å². The van der Waals surface area contributed by atoms with Crippen LogP contribution < -0.4 is 16.8 Å². The van der Waals surface area contributed by atoms with Gasteiger partial charge in [0.25, 0.3) is 5.78 Å². The zero-order valence-corrected chi connectivity index (χ0v) is 12.6. The van der Waals surface area contributed by atoms with Crippen LogP contribution >= 0.6 is 0 Å². The first-order valence-electron chi connectivity index (χ1n) is 7.07. The Kier molecular flexibility index (Phi) is 4.09. The van der Waals surface area contributed by atoms with E-state index >= 15 is 0 Å². The third kappa shape index (κ3) is 3.01. The molecule has 24 heavy (non-hydrogen) atoms. The molecule has 0 radical (unpaired) electrons. The van der Waals surface area contributed by atoms with Gasteiger partial charge < -0.3 is 16.8 Å². The van der Waals surface area contributed by atoms with Gasteiger partial charge in [0.2, 0.25) is 5.95 Å². The number of nitrogens with two attached hydrogens (primary N) is 2. The lowest BCUT2D eigenvalue weighted by molar-refractivity contribution is 0.506. The normalized spacial score (nSPS) is 11.0. The molecule has 1 aromatic carbocycles. The minimum absolute atomic E-state index is 0.0753. The van der Waals surface area contributed by atoms with Gasteiger partial charge >= 0.3 is 0 Å². The molecule has 0 amide bonds. The van der Waals surface area contributed by atoms with Crippen LogP contribution in [0.1, 0.15) is 17.0 Å². The summed E-state index contributed by atoms with van der Waals surface area (Å²) in [6.07, 6.45) is 0. The summed E-state index contributed by atoms with van der Waals surface area (Å²) < 4.78 is 27.7. The summed E-state index contributed by atoms with van der Waals surface area (Å²) in [5, 5.41) is 7.09. The largest absolute Gasteiger partial charge is 0.380 e. The Morgan fingerprint density at radius 2 is 2.00 bits per heavy atom. The number of nitrogen functional groups attached to an aromatic ring is 1. The van der Waals surface area contributed by atoms with Gasteiger partial charge in [-0.1, -0.05) is 12.6 Å². The first kappa shape index (κ1) is 15.8. The number of halogens is 2. The summed E-state index contributed by atoms with van der Waals surface area (Å²) in [6.45, 7) is 4.40. The van der Waals surface area contributed by atoms with Crippen molar-refractivity contribution in [2.75, 3.05) is 5.73 Å². The quantitative estimate of drug-likeness (QED) is 0.648. The molecule has 0 atom stereocenters. The number of hydrogen-bond donors (Lipinski definition) is 3. The van der Waals surface area contributed by atoms with Crippen LogP contribution in [0.25, 0.3) is 11.5 Å². The third-order valence-electron chi connectivity index (χ3n) is 3.39. The number of benzene rings is 1. The van der Waals surface area contributed by atoms with E-state index in [1.54, 1.807) is 6.07 Å². The minimum atomic E-state index is -0.902. The van der Waals surface area contributed by atoms with E-state index < -0.39 is 11.6 Å². The lowest BCUT2D eigenvalue weighted by Gasteiger charge is -2.12. The zero-order chi connectivity index (χ0) is 17.3. The van der Waals surface area contributed by atoms with Gasteiger partial charge in [0.15, 0.2) is 11.6 Å². The van der Waals surface area contributed by atoms with Crippen LogP contribution in [0.15, 0.2) is 30.8 Å². The summed E-state index contributed by atoms with van der Waals surface area (Å²) in [6, 6.07) is 5.39. The molecule has 2 aromatic heterocycles. The highest BCUT2D eigenvalue weighted by Crippen LogP contribution is 2.15. The summed E-state index contributed by atoms with van der Waals surface area (Å²) in [4.78, 5) is 8.23. The number of nitrogens with one attached hydrogen (secondary N) is 1. The van der Waals surface area contributed by atoms with Crippen molar-refractivity contribution in [1.29, 1.82) is 0 Å². The number of fused-ring (bicyclic) bond motifs is 1. The van der Waals surface area contributed by atoms with Crippen molar-refractivity contribution < 1.29 is 8.78 Å². The lowest BCUT2D eigenvalue weighted by atomic mass is 10.2. The van der Waals surface area contributed by atoms with Gasteiger partial charge in [-0.3, -0.25) is 0 Å². The van der Waals surface area contributed by atoms with Crippen molar-refractivity contribution >= 4 is 17.4 Å². The summed E-state index contributed by atoms with van der Waals surface area (Å²) in [7, 11) is 0. The molecule has 124 valence electrons. The topological polar surface area (TPSA) is 107 Å². The number of rotatable bonds is 5. The summed E-state index contributed by atoms with van der Waals surface area (Å²) in [5.41, 5.74) is 13.5. The molecule has 0 spiro atoms. The summed E-state index contributed by atoms with van der Waals surface area (Å²) in [5.74, 6) is -1.41. The molecule has 0 bridgehead atoms. The van der Waals surface area contributed by atoms with E-state index in [0.29, 0.717) is 28.4 Å². The smallest absolute Gasteiger partial charge is 0.254 e. The maximum absolute atomic E-state index is 13.3. The molecule has 0 saturated heterocycles.